The molecule has 1 aromatic carbocycles. The molecule has 0 saturated heterocycles. The van der Waals surface area contributed by atoms with Crippen molar-refractivity contribution in [2.24, 2.45) is 0 Å². The fourth-order valence-electron chi connectivity index (χ4n) is 2.22. The average molecular weight is 270 g/mol. The second kappa shape index (κ2) is 5.79. The minimum Gasteiger partial charge on any atom is -0.449 e. The van der Waals surface area contributed by atoms with E-state index in [1.165, 1.54) is 10.5 Å². The second-order valence-electron chi connectivity index (χ2n) is 4.97. The number of anilines is 1. The topological polar surface area (TPSA) is 53.3 Å². The van der Waals surface area contributed by atoms with Crippen LogP contribution in [-0.2, 0) is 4.74 Å². The Morgan fingerprint density at radius 2 is 2.25 bits per heavy atom. The maximum atomic E-state index is 12.1. The van der Waals surface area contributed by atoms with Crippen molar-refractivity contribution in [1.29, 1.82) is 5.26 Å². The first-order chi connectivity index (χ1) is 9.58. The predicted molar refractivity (Wildman–Crippen MR) is 78.5 cm³/mol. The van der Waals surface area contributed by atoms with Crippen molar-refractivity contribution in [3.8, 4) is 6.07 Å². The Morgan fingerprint density at radius 1 is 1.50 bits per heavy atom. The van der Waals surface area contributed by atoms with Crippen LogP contribution in [0.2, 0.25) is 0 Å². The average Bonchev–Trinajstić information content (AvgIpc) is 2.45. The third kappa shape index (κ3) is 2.53. The Hall–Kier alpha value is -2.28. The van der Waals surface area contributed by atoms with Gasteiger partial charge in [-0.25, -0.2) is 4.79 Å². The molecular formula is C16H18N2O2. The molecule has 1 unspecified atom stereocenters. The molecule has 20 heavy (non-hydrogen) atoms. The Balaban J connectivity index is 2.45. The molecule has 1 amide bonds. The fraction of sp³-hybridized carbons (Fsp3) is 0.375. The van der Waals surface area contributed by atoms with E-state index >= 15 is 0 Å². The third-order valence-electron chi connectivity index (χ3n) is 3.31. The number of nitrogens with zero attached hydrogens (tertiary/aromatic N) is 2. The lowest BCUT2D eigenvalue weighted by atomic mass is 9.96. The van der Waals surface area contributed by atoms with Crippen LogP contribution in [0.25, 0.3) is 6.08 Å². The van der Waals surface area contributed by atoms with Gasteiger partial charge in [0.25, 0.3) is 0 Å². The number of carbonyl (C=O) groups is 1. The highest BCUT2D eigenvalue weighted by molar-refractivity contribution is 5.94. The van der Waals surface area contributed by atoms with Crippen LogP contribution in [0.15, 0.2) is 24.3 Å². The quantitative estimate of drug-likeness (QED) is 0.823. The first kappa shape index (κ1) is 14.1. The van der Waals surface area contributed by atoms with Gasteiger partial charge in [-0.15, -0.1) is 0 Å². The van der Waals surface area contributed by atoms with Gasteiger partial charge in [-0.1, -0.05) is 26.0 Å². The summed E-state index contributed by atoms with van der Waals surface area (Å²) in [6, 6.07) is 7.42. The molecule has 1 aromatic rings. The summed E-state index contributed by atoms with van der Waals surface area (Å²) in [5.41, 5.74) is 2.87. The highest BCUT2D eigenvalue weighted by Gasteiger charge is 2.29. The lowest BCUT2D eigenvalue weighted by Crippen LogP contribution is -2.40. The molecule has 1 heterocycles. The van der Waals surface area contributed by atoms with Gasteiger partial charge in [0, 0.05) is 0 Å². The zero-order chi connectivity index (χ0) is 14.7. The van der Waals surface area contributed by atoms with E-state index in [0.717, 1.165) is 11.3 Å². The van der Waals surface area contributed by atoms with Crippen LogP contribution in [-0.4, -0.2) is 18.7 Å². The van der Waals surface area contributed by atoms with Crippen LogP contribution in [0.1, 0.15) is 37.8 Å². The number of nitriles is 1. The van der Waals surface area contributed by atoms with Gasteiger partial charge >= 0.3 is 6.09 Å². The van der Waals surface area contributed by atoms with Gasteiger partial charge in [0.1, 0.15) is 6.04 Å². The second-order valence-corrected chi connectivity index (χ2v) is 4.97. The third-order valence-corrected chi connectivity index (χ3v) is 3.31. The highest BCUT2D eigenvalue weighted by Crippen LogP contribution is 2.32. The van der Waals surface area contributed by atoms with Gasteiger partial charge in [0.2, 0.25) is 0 Å². The Bertz CT molecular complexity index is 585. The number of amides is 1. The molecule has 0 saturated carbocycles. The van der Waals surface area contributed by atoms with Crippen LogP contribution in [0.4, 0.5) is 10.5 Å². The van der Waals surface area contributed by atoms with Crippen LogP contribution in [0.3, 0.4) is 0 Å². The molecule has 1 aliphatic heterocycles. The van der Waals surface area contributed by atoms with E-state index in [2.05, 4.69) is 26.0 Å². The standard InChI is InChI=1S/C16H18N2O2/c1-4-20-16(19)18-14(10-17)7-5-13-9-12(11(2)3)6-8-15(13)18/h5-9,11,14H,4H2,1-3H3. The van der Waals surface area contributed by atoms with Gasteiger partial charge in [-0.3, -0.25) is 4.90 Å². The summed E-state index contributed by atoms with van der Waals surface area (Å²) < 4.78 is 5.05. The van der Waals surface area contributed by atoms with Crippen molar-refractivity contribution in [3.05, 3.63) is 35.4 Å². The number of benzene rings is 1. The molecule has 0 radical (unpaired) electrons. The van der Waals surface area contributed by atoms with Gasteiger partial charge in [-0.2, -0.15) is 5.26 Å². The van der Waals surface area contributed by atoms with Gasteiger partial charge < -0.3 is 4.74 Å². The first-order valence-corrected chi connectivity index (χ1v) is 6.76. The van der Waals surface area contributed by atoms with Crippen molar-refractivity contribution in [2.75, 3.05) is 11.5 Å². The van der Waals surface area contributed by atoms with E-state index in [-0.39, 0.29) is 6.61 Å². The lowest BCUT2D eigenvalue weighted by Gasteiger charge is -2.29. The Morgan fingerprint density at radius 3 is 2.85 bits per heavy atom. The minimum absolute atomic E-state index is 0.288. The van der Waals surface area contributed by atoms with E-state index in [9.17, 15) is 10.1 Å². The Labute approximate surface area is 119 Å². The van der Waals surface area contributed by atoms with Crippen LogP contribution in [0, 0.1) is 11.3 Å². The molecular weight excluding hydrogens is 252 g/mol. The molecule has 104 valence electrons. The fourth-order valence-corrected chi connectivity index (χ4v) is 2.22. The summed E-state index contributed by atoms with van der Waals surface area (Å²) >= 11 is 0. The number of ether oxygens (including phenoxy) is 1. The van der Waals surface area contributed by atoms with E-state index in [0.29, 0.717) is 5.92 Å². The molecule has 4 nitrogen and oxygen atoms in total. The summed E-state index contributed by atoms with van der Waals surface area (Å²) in [6.07, 6.45) is 3.13. The molecule has 1 atom stereocenters. The van der Waals surface area contributed by atoms with Crippen LogP contribution in [0.5, 0.6) is 0 Å². The highest BCUT2D eigenvalue weighted by atomic mass is 16.6. The molecule has 0 aliphatic carbocycles. The van der Waals surface area contributed by atoms with Crippen molar-refractivity contribution in [3.63, 3.8) is 0 Å². The molecule has 4 heteroatoms. The molecule has 0 fully saturated rings. The molecule has 0 N–H and O–H groups in total. The summed E-state index contributed by atoms with van der Waals surface area (Å²) in [5, 5.41) is 9.20. The molecule has 2 rings (SSSR count). The number of hydrogen-bond donors (Lipinski definition) is 0. The summed E-state index contributed by atoms with van der Waals surface area (Å²) in [5.74, 6) is 0.415. The maximum absolute atomic E-state index is 12.1. The minimum atomic E-state index is -0.619. The molecule has 0 aromatic heterocycles. The monoisotopic (exact) mass is 270 g/mol. The van der Waals surface area contributed by atoms with E-state index < -0.39 is 12.1 Å². The Kier molecular flexibility index (Phi) is 4.09. The van der Waals surface area contributed by atoms with Crippen molar-refractivity contribution < 1.29 is 9.53 Å². The zero-order valence-corrected chi connectivity index (χ0v) is 12.0. The van der Waals surface area contributed by atoms with Crippen molar-refractivity contribution in [2.45, 2.75) is 32.7 Å². The maximum Gasteiger partial charge on any atom is 0.415 e. The number of hydrogen-bond acceptors (Lipinski definition) is 3. The SMILES string of the molecule is CCOC(=O)N1c2ccc(C(C)C)cc2C=CC1C#N. The van der Waals surface area contributed by atoms with Crippen molar-refractivity contribution in [1.82, 2.24) is 0 Å². The summed E-state index contributed by atoms with van der Waals surface area (Å²) in [6.45, 7) is 6.28. The lowest BCUT2D eigenvalue weighted by molar-refractivity contribution is 0.159. The smallest absolute Gasteiger partial charge is 0.415 e. The first-order valence-electron chi connectivity index (χ1n) is 6.76. The molecule has 0 spiro atoms. The van der Waals surface area contributed by atoms with Gasteiger partial charge in [0.05, 0.1) is 18.4 Å². The zero-order valence-electron chi connectivity index (χ0n) is 12.0. The largest absolute Gasteiger partial charge is 0.449 e. The molecule has 0 bridgehead atoms. The van der Waals surface area contributed by atoms with Crippen LogP contribution < -0.4 is 4.90 Å². The number of rotatable bonds is 2. The van der Waals surface area contributed by atoms with Crippen molar-refractivity contribution >= 4 is 17.9 Å². The van der Waals surface area contributed by atoms with E-state index in [1.807, 2.05) is 18.2 Å². The number of carbonyl (C=O) groups excluding carboxylic acids is 1. The number of fused-ring (bicyclic) bond motifs is 1. The van der Waals surface area contributed by atoms with E-state index in [4.69, 9.17) is 4.74 Å². The van der Waals surface area contributed by atoms with Gasteiger partial charge in [-0.05, 0) is 42.2 Å². The predicted octanol–water partition coefficient (Wildman–Crippen LogP) is 3.69. The normalized spacial score (nSPS) is 16.8. The van der Waals surface area contributed by atoms with E-state index in [1.54, 1.807) is 13.0 Å². The van der Waals surface area contributed by atoms with Gasteiger partial charge in [0.15, 0.2) is 0 Å². The van der Waals surface area contributed by atoms with Crippen LogP contribution >= 0.6 is 0 Å². The summed E-state index contributed by atoms with van der Waals surface area (Å²) in [7, 11) is 0. The molecule has 1 aliphatic rings. The summed E-state index contributed by atoms with van der Waals surface area (Å²) in [4.78, 5) is 13.5.